The van der Waals surface area contributed by atoms with Crippen molar-refractivity contribution >= 4 is 11.7 Å². The number of nitrogens with one attached hydrogen (secondary N) is 1. The predicted molar refractivity (Wildman–Crippen MR) is 86.6 cm³/mol. The normalized spacial score (nSPS) is 16.1. The summed E-state index contributed by atoms with van der Waals surface area (Å²) in [7, 11) is 4.16. The highest BCUT2D eigenvalue weighted by atomic mass is 19.1. The van der Waals surface area contributed by atoms with Crippen molar-refractivity contribution in [3.05, 3.63) is 30.1 Å². The Balaban J connectivity index is 1.71. The number of benzene rings is 1. The number of piperazine rings is 1. The largest absolute Gasteiger partial charge is 0.322 e. The zero-order valence-electron chi connectivity index (χ0n) is 13.4. The van der Waals surface area contributed by atoms with Gasteiger partial charge in [-0.3, -0.25) is 4.90 Å². The average Bonchev–Trinajstić information content (AvgIpc) is 2.50. The van der Waals surface area contributed by atoms with Gasteiger partial charge in [-0.05, 0) is 57.9 Å². The van der Waals surface area contributed by atoms with Crippen LogP contribution < -0.4 is 5.32 Å². The third kappa shape index (κ3) is 5.27. The molecule has 1 fully saturated rings. The monoisotopic (exact) mass is 308 g/mol. The quantitative estimate of drug-likeness (QED) is 0.903. The standard InChI is InChI=1S/C16H25FN4O/c1-19(2)8-3-9-20-10-12-21(13-11-20)16(22)18-15-6-4-14(17)5-7-15/h4-7H,3,8-13H2,1-2H3,(H,18,22). The van der Waals surface area contributed by atoms with Crippen molar-refractivity contribution in [2.45, 2.75) is 6.42 Å². The molecule has 1 aliphatic heterocycles. The highest BCUT2D eigenvalue weighted by molar-refractivity contribution is 5.89. The molecule has 122 valence electrons. The van der Waals surface area contributed by atoms with Gasteiger partial charge in [0.15, 0.2) is 0 Å². The Labute approximate surface area is 131 Å². The first-order chi connectivity index (χ1) is 10.5. The van der Waals surface area contributed by atoms with Crippen LogP contribution in [0, 0.1) is 5.82 Å². The van der Waals surface area contributed by atoms with Gasteiger partial charge >= 0.3 is 6.03 Å². The lowest BCUT2D eigenvalue weighted by Gasteiger charge is -2.34. The number of hydrogen-bond acceptors (Lipinski definition) is 3. The number of carbonyl (C=O) groups excluding carboxylic acids is 1. The van der Waals surface area contributed by atoms with Crippen molar-refractivity contribution in [1.82, 2.24) is 14.7 Å². The molecular formula is C16H25FN4O. The van der Waals surface area contributed by atoms with Gasteiger partial charge in [0, 0.05) is 31.9 Å². The molecule has 0 aliphatic carbocycles. The SMILES string of the molecule is CN(C)CCCN1CCN(C(=O)Nc2ccc(F)cc2)CC1. The van der Waals surface area contributed by atoms with Crippen LogP contribution in [0.3, 0.4) is 0 Å². The van der Waals surface area contributed by atoms with Crippen LogP contribution in [0.1, 0.15) is 6.42 Å². The first-order valence-corrected chi connectivity index (χ1v) is 7.73. The molecule has 6 heteroatoms. The molecule has 1 aliphatic rings. The second kappa shape index (κ2) is 8.10. The molecule has 0 unspecified atom stereocenters. The maximum Gasteiger partial charge on any atom is 0.321 e. The van der Waals surface area contributed by atoms with Crippen LogP contribution in [0.2, 0.25) is 0 Å². The van der Waals surface area contributed by atoms with Gasteiger partial charge in [-0.15, -0.1) is 0 Å². The van der Waals surface area contributed by atoms with Crippen molar-refractivity contribution in [2.75, 3.05) is 58.7 Å². The number of halogens is 1. The number of rotatable bonds is 5. The van der Waals surface area contributed by atoms with Crippen LogP contribution in [0.4, 0.5) is 14.9 Å². The smallest absolute Gasteiger partial charge is 0.321 e. The van der Waals surface area contributed by atoms with E-state index in [1.54, 1.807) is 12.1 Å². The van der Waals surface area contributed by atoms with E-state index in [0.29, 0.717) is 5.69 Å². The molecule has 0 atom stereocenters. The van der Waals surface area contributed by atoms with E-state index in [0.717, 1.165) is 45.7 Å². The van der Waals surface area contributed by atoms with Crippen molar-refractivity contribution in [2.24, 2.45) is 0 Å². The minimum atomic E-state index is -0.302. The van der Waals surface area contributed by atoms with Crippen molar-refractivity contribution in [1.29, 1.82) is 0 Å². The van der Waals surface area contributed by atoms with E-state index in [1.807, 2.05) is 4.90 Å². The molecule has 0 aromatic heterocycles. The molecule has 1 saturated heterocycles. The molecular weight excluding hydrogens is 283 g/mol. The van der Waals surface area contributed by atoms with E-state index >= 15 is 0 Å². The van der Waals surface area contributed by atoms with E-state index in [4.69, 9.17) is 0 Å². The lowest BCUT2D eigenvalue weighted by atomic mass is 10.3. The van der Waals surface area contributed by atoms with Crippen molar-refractivity contribution in [3.8, 4) is 0 Å². The Morgan fingerprint density at radius 1 is 1.18 bits per heavy atom. The molecule has 2 amide bonds. The third-order valence-corrected chi connectivity index (χ3v) is 3.83. The van der Waals surface area contributed by atoms with Gasteiger partial charge in [-0.2, -0.15) is 0 Å². The predicted octanol–water partition coefficient (Wildman–Crippen LogP) is 1.93. The van der Waals surface area contributed by atoms with E-state index in [1.165, 1.54) is 12.1 Å². The Morgan fingerprint density at radius 2 is 1.82 bits per heavy atom. The number of anilines is 1. The summed E-state index contributed by atoms with van der Waals surface area (Å²) in [4.78, 5) is 18.6. The number of amides is 2. The van der Waals surface area contributed by atoms with Gasteiger partial charge in [0.2, 0.25) is 0 Å². The fourth-order valence-electron chi connectivity index (χ4n) is 2.52. The summed E-state index contributed by atoms with van der Waals surface area (Å²) in [6.45, 7) is 5.44. The average molecular weight is 308 g/mol. The molecule has 5 nitrogen and oxygen atoms in total. The van der Waals surface area contributed by atoms with E-state index in [2.05, 4.69) is 29.2 Å². The van der Waals surface area contributed by atoms with Crippen LogP contribution in [0.5, 0.6) is 0 Å². The number of urea groups is 1. The van der Waals surface area contributed by atoms with Gasteiger partial charge in [0.05, 0.1) is 0 Å². The molecule has 2 rings (SSSR count). The first kappa shape index (κ1) is 16.7. The molecule has 1 aromatic carbocycles. The summed E-state index contributed by atoms with van der Waals surface area (Å²) >= 11 is 0. The highest BCUT2D eigenvalue weighted by Gasteiger charge is 2.20. The van der Waals surface area contributed by atoms with Gasteiger partial charge in [-0.1, -0.05) is 0 Å². The zero-order chi connectivity index (χ0) is 15.9. The summed E-state index contributed by atoms with van der Waals surface area (Å²) in [6.07, 6.45) is 1.15. The lowest BCUT2D eigenvalue weighted by molar-refractivity contribution is 0.144. The van der Waals surface area contributed by atoms with Crippen LogP contribution in [-0.2, 0) is 0 Å². The Morgan fingerprint density at radius 3 is 2.41 bits per heavy atom. The zero-order valence-corrected chi connectivity index (χ0v) is 13.4. The van der Waals surface area contributed by atoms with Crippen molar-refractivity contribution < 1.29 is 9.18 Å². The Kier molecular flexibility index (Phi) is 6.15. The Bertz CT molecular complexity index is 470. The van der Waals surface area contributed by atoms with E-state index < -0.39 is 0 Å². The van der Waals surface area contributed by atoms with Gasteiger partial charge in [0.1, 0.15) is 5.82 Å². The molecule has 1 heterocycles. The molecule has 1 N–H and O–H groups in total. The summed E-state index contributed by atoms with van der Waals surface area (Å²) in [6, 6.07) is 5.73. The van der Waals surface area contributed by atoms with Crippen LogP contribution in [0.15, 0.2) is 24.3 Å². The maximum atomic E-state index is 12.8. The first-order valence-electron chi connectivity index (χ1n) is 7.73. The van der Waals surface area contributed by atoms with E-state index in [9.17, 15) is 9.18 Å². The van der Waals surface area contributed by atoms with Crippen LogP contribution in [0.25, 0.3) is 0 Å². The molecule has 1 aromatic rings. The summed E-state index contributed by atoms with van der Waals surface area (Å²) in [5.74, 6) is -0.302. The summed E-state index contributed by atoms with van der Waals surface area (Å²) in [5, 5.41) is 2.81. The summed E-state index contributed by atoms with van der Waals surface area (Å²) in [5.41, 5.74) is 0.625. The van der Waals surface area contributed by atoms with E-state index in [-0.39, 0.29) is 11.8 Å². The lowest BCUT2D eigenvalue weighted by Crippen LogP contribution is -2.50. The second-order valence-electron chi connectivity index (χ2n) is 5.92. The number of nitrogens with zero attached hydrogens (tertiary/aromatic N) is 3. The van der Waals surface area contributed by atoms with Crippen LogP contribution in [-0.4, -0.2) is 74.1 Å². The minimum absolute atomic E-state index is 0.112. The minimum Gasteiger partial charge on any atom is -0.322 e. The van der Waals surface area contributed by atoms with Gasteiger partial charge in [0.25, 0.3) is 0 Å². The van der Waals surface area contributed by atoms with Crippen molar-refractivity contribution in [3.63, 3.8) is 0 Å². The van der Waals surface area contributed by atoms with Gasteiger partial charge < -0.3 is 15.1 Å². The van der Waals surface area contributed by atoms with Crippen LogP contribution >= 0.6 is 0 Å². The number of carbonyl (C=O) groups is 1. The number of hydrogen-bond donors (Lipinski definition) is 1. The third-order valence-electron chi connectivity index (χ3n) is 3.83. The molecule has 0 radical (unpaired) electrons. The fraction of sp³-hybridized carbons (Fsp3) is 0.562. The Hall–Kier alpha value is -1.66. The molecule has 0 saturated carbocycles. The highest BCUT2D eigenvalue weighted by Crippen LogP contribution is 2.10. The maximum absolute atomic E-state index is 12.8. The fourth-order valence-corrected chi connectivity index (χ4v) is 2.52. The topological polar surface area (TPSA) is 38.8 Å². The summed E-state index contributed by atoms with van der Waals surface area (Å²) < 4.78 is 12.8. The molecule has 0 bridgehead atoms. The van der Waals surface area contributed by atoms with Gasteiger partial charge in [-0.25, -0.2) is 9.18 Å². The molecule has 0 spiro atoms. The second-order valence-corrected chi connectivity index (χ2v) is 5.92. The molecule has 22 heavy (non-hydrogen) atoms.